The second-order valence-electron chi connectivity index (χ2n) is 7.20. The number of hydrogen-bond acceptors (Lipinski definition) is 7. The fraction of sp³-hybridized carbons (Fsp3) is 0.273. The largest absolute Gasteiger partial charge is 0.488 e. The molecule has 0 N–H and O–H groups in total. The van der Waals surface area contributed by atoms with Gasteiger partial charge in [0.2, 0.25) is 0 Å². The van der Waals surface area contributed by atoms with E-state index in [4.69, 9.17) is 14.2 Å². The van der Waals surface area contributed by atoms with E-state index in [1.165, 1.54) is 18.2 Å². The summed E-state index contributed by atoms with van der Waals surface area (Å²) in [5, 5.41) is 10.8. The van der Waals surface area contributed by atoms with Crippen molar-refractivity contribution in [2.45, 2.75) is 38.1 Å². The van der Waals surface area contributed by atoms with Gasteiger partial charge in [0.1, 0.15) is 17.9 Å². The highest BCUT2D eigenvalue weighted by Crippen LogP contribution is 2.39. The average molecular weight is 409 g/mol. The summed E-state index contributed by atoms with van der Waals surface area (Å²) >= 11 is 0. The van der Waals surface area contributed by atoms with Crippen LogP contribution >= 0.6 is 0 Å². The van der Waals surface area contributed by atoms with Crippen LogP contribution in [0, 0.1) is 10.1 Å². The minimum atomic E-state index is -1.11. The minimum Gasteiger partial charge on any atom is -0.488 e. The molecule has 2 aliphatic rings. The Balaban J connectivity index is 1.51. The molecule has 2 aromatic rings. The van der Waals surface area contributed by atoms with E-state index in [9.17, 15) is 19.7 Å². The Hall–Kier alpha value is -3.68. The van der Waals surface area contributed by atoms with E-state index in [0.29, 0.717) is 24.2 Å². The van der Waals surface area contributed by atoms with Crippen LogP contribution < -0.4 is 4.74 Å². The smallest absolute Gasteiger partial charge is 0.348 e. The van der Waals surface area contributed by atoms with Crippen molar-refractivity contribution in [3.63, 3.8) is 0 Å². The molecule has 0 amide bonds. The fourth-order valence-corrected chi connectivity index (χ4v) is 3.55. The molecule has 2 fully saturated rings. The van der Waals surface area contributed by atoms with Gasteiger partial charge in [0.15, 0.2) is 0 Å². The Morgan fingerprint density at radius 3 is 2.27 bits per heavy atom. The lowest BCUT2D eigenvalue weighted by atomic mass is 10.1. The molecule has 0 radical (unpaired) electrons. The quantitative estimate of drug-likeness (QED) is 0.242. The van der Waals surface area contributed by atoms with E-state index in [1.54, 1.807) is 36.4 Å². The van der Waals surface area contributed by atoms with Gasteiger partial charge in [-0.25, -0.2) is 9.59 Å². The normalized spacial score (nSPS) is 17.4. The second-order valence-corrected chi connectivity index (χ2v) is 7.20. The van der Waals surface area contributed by atoms with E-state index >= 15 is 0 Å². The van der Waals surface area contributed by atoms with E-state index in [2.05, 4.69) is 0 Å². The summed E-state index contributed by atoms with van der Waals surface area (Å²) in [4.78, 5) is 35.2. The Bertz CT molecular complexity index is 998. The Morgan fingerprint density at radius 1 is 1.00 bits per heavy atom. The standard InChI is InChI=1S/C22H19NO7/c24-20-18(21(25)30-22(29-20)11-3-4-12-22)13-16-5-1-2-6-19(16)28-14-15-7-9-17(10-8-15)23(26)27/h1-2,5-10,13H,3-4,11-12,14H2. The van der Waals surface area contributed by atoms with Gasteiger partial charge in [0.25, 0.3) is 11.5 Å². The lowest BCUT2D eigenvalue weighted by Crippen LogP contribution is -2.44. The molecule has 30 heavy (non-hydrogen) atoms. The molecule has 8 heteroatoms. The third kappa shape index (κ3) is 4.03. The van der Waals surface area contributed by atoms with Crippen molar-refractivity contribution >= 4 is 23.7 Å². The maximum Gasteiger partial charge on any atom is 0.348 e. The number of hydrogen-bond donors (Lipinski definition) is 0. The van der Waals surface area contributed by atoms with Gasteiger partial charge in [-0.05, 0) is 42.7 Å². The molecule has 0 atom stereocenters. The SMILES string of the molecule is O=C1OC2(CCCC2)OC(=O)C1=Cc1ccccc1OCc1ccc([N+](=O)[O-])cc1. The molecule has 0 unspecified atom stereocenters. The van der Waals surface area contributed by atoms with Crippen LogP contribution in [0.1, 0.15) is 36.8 Å². The van der Waals surface area contributed by atoms with Crippen molar-refractivity contribution < 1.29 is 28.7 Å². The zero-order valence-corrected chi connectivity index (χ0v) is 16.0. The first-order valence-electron chi connectivity index (χ1n) is 9.59. The lowest BCUT2D eigenvalue weighted by Gasteiger charge is -2.32. The Morgan fingerprint density at radius 2 is 1.63 bits per heavy atom. The van der Waals surface area contributed by atoms with Gasteiger partial charge in [-0.1, -0.05) is 18.2 Å². The molecule has 1 spiro atoms. The van der Waals surface area contributed by atoms with Crippen molar-refractivity contribution in [3.05, 3.63) is 75.3 Å². The monoisotopic (exact) mass is 409 g/mol. The van der Waals surface area contributed by atoms with E-state index < -0.39 is 22.6 Å². The number of nitro benzene ring substituents is 1. The molecule has 4 rings (SSSR count). The van der Waals surface area contributed by atoms with Crippen molar-refractivity contribution in [2.24, 2.45) is 0 Å². The summed E-state index contributed by atoms with van der Waals surface area (Å²) in [7, 11) is 0. The first-order valence-corrected chi connectivity index (χ1v) is 9.59. The first-order chi connectivity index (χ1) is 14.5. The summed E-state index contributed by atoms with van der Waals surface area (Å²) in [6.07, 6.45) is 4.13. The number of carbonyl (C=O) groups excluding carboxylic acids is 2. The molecule has 154 valence electrons. The number of nitro groups is 1. The average Bonchev–Trinajstić information content (AvgIpc) is 3.17. The highest BCUT2D eigenvalue weighted by Gasteiger charge is 2.47. The highest BCUT2D eigenvalue weighted by molar-refractivity contribution is 6.19. The maximum absolute atomic E-state index is 12.5. The van der Waals surface area contributed by atoms with Crippen molar-refractivity contribution in [3.8, 4) is 5.75 Å². The Labute approximate surface area is 172 Å². The molecular weight excluding hydrogens is 390 g/mol. The number of esters is 2. The van der Waals surface area contributed by atoms with Crippen LogP contribution in [0.5, 0.6) is 5.75 Å². The van der Waals surface area contributed by atoms with Crippen LogP contribution in [-0.2, 0) is 25.7 Å². The fourth-order valence-electron chi connectivity index (χ4n) is 3.55. The molecule has 0 aromatic heterocycles. The second kappa shape index (κ2) is 7.98. The third-order valence-corrected chi connectivity index (χ3v) is 5.12. The van der Waals surface area contributed by atoms with Gasteiger partial charge in [-0.2, -0.15) is 0 Å². The van der Waals surface area contributed by atoms with Crippen molar-refractivity contribution in [2.75, 3.05) is 0 Å². The maximum atomic E-state index is 12.5. The van der Waals surface area contributed by atoms with E-state index in [-0.39, 0.29) is 17.9 Å². The van der Waals surface area contributed by atoms with Crippen LogP contribution in [-0.4, -0.2) is 22.6 Å². The van der Waals surface area contributed by atoms with Crippen LogP contribution in [0.25, 0.3) is 6.08 Å². The van der Waals surface area contributed by atoms with Gasteiger partial charge in [-0.3, -0.25) is 10.1 Å². The van der Waals surface area contributed by atoms with Crippen LogP contribution in [0.3, 0.4) is 0 Å². The highest BCUT2D eigenvalue weighted by atomic mass is 16.7. The van der Waals surface area contributed by atoms with Crippen molar-refractivity contribution in [1.29, 1.82) is 0 Å². The number of para-hydroxylation sites is 1. The van der Waals surface area contributed by atoms with Crippen molar-refractivity contribution in [1.82, 2.24) is 0 Å². The predicted molar refractivity (Wildman–Crippen MR) is 105 cm³/mol. The summed E-state index contributed by atoms with van der Waals surface area (Å²) in [6, 6.07) is 12.9. The zero-order chi connectivity index (χ0) is 21.1. The van der Waals surface area contributed by atoms with Gasteiger partial charge >= 0.3 is 11.9 Å². The summed E-state index contributed by atoms with van der Waals surface area (Å²) < 4.78 is 16.7. The first kappa shape index (κ1) is 19.6. The molecular formula is C22H19NO7. The number of carbonyl (C=O) groups is 2. The molecule has 0 bridgehead atoms. The number of ether oxygens (including phenoxy) is 3. The number of benzene rings is 2. The summed E-state index contributed by atoms with van der Waals surface area (Å²) in [5.74, 6) is -2.06. The van der Waals surface area contributed by atoms with Gasteiger partial charge < -0.3 is 14.2 Å². The number of nitrogens with zero attached hydrogens (tertiary/aromatic N) is 1. The number of non-ortho nitro benzene ring substituents is 1. The third-order valence-electron chi connectivity index (χ3n) is 5.12. The molecule has 1 saturated carbocycles. The molecule has 1 saturated heterocycles. The van der Waals surface area contributed by atoms with Crippen LogP contribution in [0.15, 0.2) is 54.1 Å². The van der Waals surface area contributed by atoms with Gasteiger partial charge in [0.05, 0.1) is 4.92 Å². The number of rotatable bonds is 5. The van der Waals surface area contributed by atoms with Gasteiger partial charge in [0, 0.05) is 30.5 Å². The zero-order valence-electron chi connectivity index (χ0n) is 16.0. The molecule has 1 heterocycles. The minimum absolute atomic E-state index is 0.00163. The van der Waals surface area contributed by atoms with Crippen LogP contribution in [0.4, 0.5) is 5.69 Å². The summed E-state index contributed by atoms with van der Waals surface area (Å²) in [6.45, 7) is 0.163. The van der Waals surface area contributed by atoms with Crippen LogP contribution in [0.2, 0.25) is 0 Å². The summed E-state index contributed by atoms with van der Waals surface area (Å²) in [5.41, 5.74) is 1.07. The molecule has 2 aromatic carbocycles. The predicted octanol–water partition coefficient (Wildman–Crippen LogP) is 3.93. The van der Waals surface area contributed by atoms with E-state index in [1.807, 2.05) is 0 Å². The molecule has 1 aliphatic carbocycles. The topological polar surface area (TPSA) is 105 Å². The van der Waals surface area contributed by atoms with E-state index in [0.717, 1.165) is 18.4 Å². The molecule has 8 nitrogen and oxygen atoms in total. The Kier molecular flexibility index (Phi) is 5.22. The lowest BCUT2D eigenvalue weighted by molar-refractivity contribution is -0.384. The van der Waals surface area contributed by atoms with Gasteiger partial charge in [-0.15, -0.1) is 0 Å². The molecule has 1 aliphatic heterocycles.